The van der Waals surface area contributed by atoms with Crippen molar-refractivity contribution in [3.63, 3.8) is 0 Å². The zero-order chi connectivity index (χ0) is 15.6. The number of fused-ring (bicyclic) bond motifs is 1. The van der Waals surface area contributed by atoms with Crippen molar-refractivity contribution in [1.29, 1.82) is 0 Å². The fourth-order valence-electron chi connectivity index (χ4n) is 2.63. The summed E-state index contributed by atoms with van der Waals surface area (Å²) in [5.41, 5.74) is 3.31. The second kappa shape index (κ2) is 5.98. The zero-order valence-electron chi connectivity index (χ0n) is 12.8. The summed E-state index contributed by atoms with van der Waals surface area (Å²) < 4.78 is 6.16. The molecule has 3 aromatic carbocycles. The van der Waals surface area contributed by atoms with Gasteiger partial charge in [-0.15, -0.1) is 0 Å². The molecule has 0 aliphatic rings. The van der Waals surface area contributed by atoms with Crippen molar-refractivity contribution in [2.45, 2.75) is 16.7 Å². The molecular weight excluding hydrogens is 300 g/mol. The Morgan fingerprint density at radius 1 is 0.739 bits per heavy atom. The standard InChI is InChI=1S/C21H16OS/c1-15-11-13-17(14-12-15)23-21-18-9-5-6-10-19(18)22-20(21)16-7-3-2-4-8-16/h2-14H,1H3. The van der Waals surface area contributed by atoms with Crippen molar-refractivity contribution in [3.05, 3.63) is 84.4 Å². The summed E-state index contributed by atoms with van der Waals surface area (Å²) >= 11 is 1.76. The Hall–Kier alpha value is -2.45. The second-order valence-corrected chi connectivity index (χ2v) is 6.62. The lowest BCUT2D eigenvalue weighted by Crippen LogP contribution is -1.78. The van der Waals surface area contributed by atoms with E-state index in [1.807, 2.05) is 30.3 Å². The third-order valence-corrected chi connectivity index (χ3v) is 4.94. The van der Waals surface area contributed by atoms with Gasteiger partial charge in [0.1, 0.15) is 11.3 Å². The quantitative estimate of drug-likeness (QED) is 0.424. The van der Waals surface area contributed by atoms with Gasteiger partial charge in [-0.3, -0.25) is 0 Å². The zero-order valence-corrected chi connectivity index (χ0v) is 13.6. The van der Waals surface area contributed by atoms with E-state index in [9.17, 15) is 0 Å². The molecular formula is C21H16OS. The third kappa shape index (κ3) is 2.78. The lowest BCUT2D eigenvalue weighted by molar-refractivity contribution is 0.625. The van der Waals surface area contributed by atoms with Crippen LogP contribution in [0.3, 0.4) is 0 Å². The van der Waals surface area contributed by atoms with Gasteiger partial charge in [0.05, 0.1) is 4.90 Å². The molecule has 0 aliphatic heterocycles. The van der Waals surface area contributed by atoms with Crippen LogP contribution in [0.4, 0.5) is 0 Å². The van der Waals surface area contributed by atoms with Crippen molar-refractivity contribution >= 4 is 22.7 Å². The number of hydrogen-bond acceptors (Lipinski definition) is 2. The Balaban J connectivity index is 1.87. The molecule has 0 fully saturated rings. The predicted octanol–water partition coefficient (Wildman–Crippen LogP) is 6.56. The van der Waals surface area contributed by atoms with E-state index in [1.165, 1.54) is 15.4 Å². The first kappa shape index (κ1) is 14.2. The molecule has 1 heterocycles. The normalized spacial score (nSPS) is 11.0. The summed E-state index contributed by atoms with van der Waals surface area (Å²) in [6.07, 6.45) is 0. The Labute approximate surface area is 140 Å². The van der Waals surface area contributed by atoms with Crippen LogP contribution in [0.5, 0.6) is 0 Å². The highest BCUT2D eigenvalue weighted by Crippen LogP contribution is 2.43. The van der Waals surface area contributed by atoms with Gasteiger partial charge in [-0.2, -0.15) is 0 Å². The molecule has 23 heavy (non-hydrogen) atoms. The highest BCUT2D eigenvalue weighted by molar-refractivity contribution is 7.99. The van der Waals surface area contributed by atoms with E-state index in [1.54, 1.807) is 11.8 Å². The molecule has 4 rings (SSSR count). The molecule has 4 aromatic rings. The molecule has 0 amide bonds. The Morgan fingerprint density at radius 3 is 2.22 bits per heavy atom. The first-order valence-corrected chi connectivity index (χ1v) is 8.44. The number of furan rings is 1. The summed E-state index contributed by atoms with van der Waals surface area (Å²) in [7, 11) is 0. The molecule has 0 atom stereocenters. The van der Waals surface area contributed by atoms with Gasteiger partial charge in [-0.05, 0) is 31.2 Å². The van der Waals surface area contributed by atoms with Crippen LogP contribution in [0.25, 0.3) is 22.3 Å². The maximum atomic E-state index is 6.16. The van der Waals surface area contributed by atoms with E-state index in [-0.39, 0.29) is 0 Å². The summed E-state index contributed by atoms with van der Waals surface area (Å²) in [5, 5.41) is 1.16. The van der Waals surface area contributed by atoms with Crippen molar-refractivity contribution < 1.29 is 4.42 Å². The summed E-state index contributed by atoms with van der Waals surface area (Å²) in [5.74, 6) is 0.942. The van der Waals surface area contributed by atoms with E-state index in [0.717, 1.165) is 22.3 Å². The summed E-state index contributed by atoms with van der Waals surface area (Å²) in [4.78, 5) is 2.40. The summed E-state index contributed by atoms with van der Waals surface area (Å²) in [6, 6.07) is 27.2. The second-order valence-electron chi connectivity index (χ2n) is 5.54. The average Bonchev–Trinajstić information content (AvgIpc) is 2.96. The fourth-order valence-corrected chi connectivity index (χ4v) is 3.67. The topological polar surface area (TPSA) is 13.1 Å². The smallest absolute Gasteiger partial charge is 0.149 e. The molecule has 1 nitrogen and oxygen atoms in total. The van der Waals surface area contributed by atoms with E-state index in [4.69, 9.17) is 4.42 Å². The maximum Gasteiger partial charge on any atom is 0.149 e. The Kier molecular flexibility index (Phi) is 3.68. The molecule has 0 radical (unpaired) electrons. The van der Waals surface area contributed by atoms with E-state index in [0.29, 0.717) is 0 Å². The molecule has 0 N–H and O–H groups in total. The van der Waals surface area contributed by atoms with E-state index < -0.39 is 0 Å². The molecule has 1 aromatic heterocycles. The van der Waals surface area contributed by atoms with Crippen LogP contribution in [0.15, 0.2) is 93.1 Å². The van der Waals surface area contributed by atoms with Crippen LogP contribution < -0.4 is 0 Å². The Bertz CT molecular complexity index is 937. The van der Waals surface area contributed by atoms with E-state index >= 15 is 0 Å². The molecule has 0 unspecified atom stereocenters. The van der Waals surface area contributed by atoms with Crippen LogP contribution in [0.2, 0.25) is 0 Å². The molecule has 0 spiro atoms. The number of benzene rings is 3. The van der Waals surface area contributed by atoms with E-state index in [2.05, 4.69) is 55.5 Å². The predicted molar refractivity (Wildman–Crippen MR) is 97.0 cm³/mol. The van der Waals surface area contributed by atoms with Crippen LogP contribution in [-0.2, 0) is 0 Å². The maximum absolute atomic E-state index is 6.16. The van der Waals surface area contributed by atoms with Crippen LogP contribution in [0.1, 0.15) is 5.56 Å². The monoisotopic (exact) mass is 316 g/mol. The van der Waals surface area contributed by atoms with Gasteiger partial charge < -0.3 is 4.42 Å². The third-order valence-electron chi connectivity index (χ3n) is 3.83. The average molecular weight is 316 g/mol. The number of rotatable bonds is 3. The number of para-hydroxylation sites is 1. The highest BCUT2D eigenvalue weighted by atomic mass is 32.2. The number of aryl methyl sites for hydroxylation is 1. The first-order chi connectivity index (χ1) is 11.3. The SMILES string of the molecule is Cc1ccc(Sc2c(-c3ccccc3)oc3ccccc23)cc1. The van der Waals surface area contributed by atoms with Gasteiger partial charge >= 0.3 is 0 Å². The van der Waals surface area contributed by atoms with Gasteiger partial charge in [0.15, 0.2) is 0 Å². The van der Waals surface area contributed by atoms with Gasteiger partial charge in [0.25, 0.3) is 0 Å². The van der Waals surface area contributed by atoms with Crippen LogP contribution in [0, 0.1) is 6.92 Å². The van der Waals surface area contributed by atoms with Crippen LogP contribution in [-0.4, -0.2) is 0 Å². The molecule has 112 valence electrons. The lowest BCUT2D eigenvalue weighted by Gasteiger charge is -2.04. The largest absolute Gasteiger partial charge is 0.455 e. The van der Waals surface area contributed by atoms with Gasteiger partial charge in [-0.1, -0.05) is 71.9 Å². The van der Waals surface area contributed by atoms with Crippen molar-refractivity contribution in [1.82, 2.24) is 0 Å². The highest BCUT2D eigenvalue weighted by Gasteiger charge is 2.16. The minimum absolute atomic E-state index is 0.931. The molecule has 2 heteroatoms. The minimum Gasteiger partial charge on any atom is -0.455 e. The summed E-state index contributed by atoms with van der Waals surface area (Å²) in [6.45, 7) is 2.11. The van der Waals surface area contributed by atoms with Gasteiger partial charge in [0.2, 0.25) is 0 Å². The van der Waals surface area contributed by atoms with Gasteiger partial charge in [-0.25, -0.2) is 0 Å². The molecule has 0 saturated carbocycles. The number of hydrogen-bond donors (Lipinski definition) is 0. The van der Waals surface area contributed by atoms with Crippen molar-refractivity contribution in [3.8, 4) is 11.3 Å². The van der Waals surface area contributed by atoms with Crippen LogP contribution >= 0.6 is 11.8 Å². The van der Waals surface area contributed by atoms with Crippen molar-refractivity contribution in [2.24, 2.45) is 0 Å². The lowest BCUT2D eigenvalue weighted by atomic mass is 10.1. The molecule has 0 bridgehead atoms. The minimum atomic E-state index is 0.931. The van der Waals surface area contributed by atoms with Gasteiger partial charge in [0, 0.05) is 15.8 Å². The molecule has 0 saturated heterocycles. The fraction of sp³-hybridized carbons (Fsp3) is 0.0476. The van der Waals surface area contributed by atoms with Crippen molar-refractivity contribution in [2.75, 3.05) is 0 Å². The molecule has 0 aliphatic carbocycles. The first-order valence-electron chi connectivity index (χ1n) is 7.63. The Morgan fingerprint density at radius 2 is 1.43 bits per heavy atom.